The van der Waals surface area contributed by atoms with Crippen molar-refractivity contribution in [3.63, 3.8) is 0 Å². The van der Waals surface area contributed by atoms with Gasteiger partial charge in [-0.05, 0) is 0 Å². The summed E-state index contributed by atoms with van der Waals surface area (Å²) in [5, 5.41) is 21.6. The van der Waals surface area contributed by atoms with Gasteiger partial charge in [0.1, 0.15) is 42.3 Å². The molecule has 3 aromatic heterocycles. The molecule has 0 saturated carbocycles. The Morgan fingerprint density at radius 2 is 1.37 bits per heavy atom. The van der Waals surface area contributed by atoms with Crippen molar-refractivity contribution in [2.75, 3.05) is 62.4 Å². The van der Waals surface area contributed by atoms with Crippen LogP contribution in [0.25, 0.3) is 11.2 Å². The molecule has 0 aromatic carbocycles. The number of nitrogens with zero attached hydrogens (tertiary/aromatic N) is 6. The van der Waals surface area contributed by atoms with Crippen LogP contribution in [0.2, 0.25) is 0 Å². The number of nitrogen functional groups attached to an aromatic ring is 2. The predicted molar refractivity (Wildman–Crippen MR) is 177 cm³/mol. The van der Waals surface area contributed by atoms with Gasteiger partial charge in [0, 0.05) is 21.3 Å². The lowest BCUT2D eigenvalue weighted by atomic mass is 10.1. The average molecular weight is 833 g/mol. The number of phosphoric acid groups is 3. The monoisotopic (exact) mass is 832 g/mol. The number of aromatic nitrogens is 6. The third kappa shape index (κ3) is 7.96. The fourth-order valence-electron chi connectivity index (χ4n) is 6.07. The number of H-pyrrole nitrogens is 2. The molecule has 28 nitrogen and oxygen atoms in total. The highest BCUT2D eigenvalue weighted by Gasteiger charge is 2.52. The number of aliphatic hydroxyl groups is 2. The Balaban J connectivity index is 1.05. The molecule has 3 aromatic rings. The molecule has 6 rings (SSSR count). The molecule has 11 atom stereocenters. The molecule has 0 radical (unpaired) electrons. The summed E-state index contributed by atoms with van der Waals surface area (Å²) < 4.78 is 78.9. The van der Waals surface area contributed by atoms with Crippen LogP contribution in [-0.4, -0.2) is 138 Å². The molecule has 3 aliphatic heterocycles. The molecule has 3 aliphatic rings. The number of hydrogen-bond donors (Lipinski definition) is 9. The van der Waals surface area contributed by atoms with Crippen molar-refractivity contribution >= 4 is 58.0 Å². The minimum absolute atomic E-state index is 0.0199. The van der Waals surface area contributed by atoms with Crippen LogP contribution in [0.3, 0.4) is 0 Å². The third-order valence-electron chi connectivity index (χ3n) is 8.33. The van der Waals surface area contributed by atoms with Crippen LogP contribution in [0.5, 0.6) is 0 Å². The van der Waals surface area contributed by atoms with Crippen LogP contribution >= 0.6 is 23.5 Å². The molecule has 0 aliphatic carbocycles. The summed E-state index contributed by atoms with van der Waals surface area (Å²) in [4.78, 5) is 74.6. The maximum absolute atomic E-state index is 12.6. The molecule has 2 saturated heterocycles. The van der Waals surface area contributed by atoms with Gasteiger partial charge in [0.2, 0.25) is 11.9 Å². The first-order valence-corrected chi connectivity index (χ1v) is 19.8. The van der Waals surface area contributed by atoms with Crippen LogP contribution in [0.1, 0.15) is 6.23 Å². The van der Waals surface area contributed by atoms with Crippen molar-refractivity contribution in [1.82, 2.24) is 29.5 Å². The smallest absolute Gasteiger partial charge is 0.387 e. The largest absolute Gasteiger partial charge is 0.490 e. The lowest BCUT2D eigenvalue weighted by molar-refractivity contribution is -0.0577. The number of fused-ring (bicyclic) bond motifs is 2. The van der Waals surface area contributed by atoms with E-state index in [2.05, 4.69) is 33.5 Å². The van der Waals surface area contributed by atoms with Gasteiger partial charge in [-0.3, -0.25) is 33.2 Å². The number of phosphoric ester groups is 2. The average Bonchev–Trinajstić information content (AvgIpc) is 3.79. The molecular weight excluding hydrogens is 797 g/mol. The highest BCUT2D eigenvalue weighted by Crippen LogP contribution is 2.68. The van der Waals surface area contributed by atoms with E-state index in [1.807, 2.05) is 0 Å². The maximum atomic E-state index is 12.6. The normalized spacial score (nSPS) is 30.4. The Kier molecular flexibility index (Phi) is 11.1. The van der Waals surface area contributed by atoms with Gasteiger partial charge in [-0.15, -0.1) is 0 Å². The summed E-state index contributed by atoms with van der Waals surface area (Å²) in [5.41, 5.74) is 10.0. The standard InChI is InChI=1S/C23H35N10O18P3/c1-31-7-33(17-11(31)19(37)30-23(25)28-17)21-15(45-3)13(35)9(49-21)5-47-53(40,41)51-54(42,43)50-52(38,39)46-4-8-12(34)14(44-2)20(48-8)32-6-26-10-16(32)27-22(24)29-18(10)36/h6,8-9,12-15,20-21,34-35H,4-5,7H2,1-3H3,(H,38,39)(H,40,41)(H,42,43)(H3,24,27,29,36)(H3,25,28,30,37)/t8-,9-,12+,13?,14?,15?,20-,21-/m1/s1. The maximum Gasteiger partial charge on any atom is 0.490 e. The molecular formula is C23H35N10O18P3. The van der Waals surface area contributed by atoms with E-state index in [0.717, 1.165) is 6.33 Å². The van der Waals surface area contributed by atoms with Gasteiger partial charge in [-0.2, -0.15) is 18.6 Å². The van der Waals surface area contributed by atoms with E-state index >= 15 is 0 Å². The summed E-state index contributed by atoms with van der Waals surface area (Å²) >= 11 is 0. The highest BCUT2D eigenvalue weighted by molar-refractivity contribution is 7.66. The number of nitrogens with one attached hydrogen (secondary N) is 2. The number of ether oxygens (including phenoxy) is 4. The first-order chi connectivity index (χ1) is 25.2. The van der Waals surface area contributed by atoms with Gasteiger partial charge in [0.05, 0.1) is 26.2 Å². The topological polar surface area (TPSA) is 394 Å². The first kappa shape index (κ1) is 40.3. The number of hydrogen-bond acceptors (Lipinski definition) is 22. The Morgan fingerprint density at radius 1 is 0.852 bits per heavy atom. The molecule has 300 valence electrons. The quantitative estimate of drug-likeness (QED) is 0.0732. The fourth-order valence-corrected chi connectivity index (χ4v) is 9.59. The summed E-state index contributed by atoms with van der Waals surface area (Å²) in [7, 11) is -13.2. The SMILES string of the molecule is COC1C(O)[C@@H](COP(=O)(O)OP(=O)(O)OP(=O)(O)OC[C@H]2O[C@@H](n3cnc4c(=O)[nH]c(N)nc43)C(OC)[C@H]2O)O[C@H]1N1CN(C)c2c1nc(N)[nH]c2=O. The molecule has 0 bridgehead atoms. The van der Waals surface area contributed by atoms with E-state index in [9.17, 15) is 48.2 Å². The number of aromatic amines is 2. The van der Waals surface area contributed by atoms with Crippen molar-refractivity contribution in [2.45, 2.75) is 49.1 Å². The van der Waals surface area contributed by atoms with E-state index in [4.69, 9.17) is 39.5 Å². The second kappa shape index (κ2) is 14.9. The highest BCUT2D eigenvalue weighted by atomic mass is 31.3. The number of anilines is 4. The third-order valence-corrected chi connectivity index (χ3v) is 12.6. The number of nitrogens with two attached hydrogens (primary N) is 2. The second-order valence-electron chi connectivity index (χ2n) is 11.9. The van der Waals surface area contributed by atoms with Gasteiger partial charge < -0.3 is 65.1 Å². The van der Waals surface area contributed by atoms with E-state index in [1.165, 1.54) is 28.6 Å². The zero-order valence-electron chi connectivity index (χ0n) is 28.0. The molecule has 6 unspecified atom stereocenters. The molecule has 31 heteroatoms. The summed E-state index contributed by atoms with van der Waals surface area (Å²) in [6, 6.07) is 0. The van der Waals surface area contributed by atoms with Gasteiger partial charge in [0.25, 0.3) is 11.1 Å². The van der Waals surface area contributed by atoms with Crippen molar-refractivity contribution in [1.29, 1.82) is 0 Å². The summed E-state index contributed by atoms with van der Waals surface area (Å²) in [6.07, 6.45) is -9.67. The minimum Gasteiger partial charge on any atom is -0.387 e. The minimum atomic E-state index is -5.96. The van der Waals surface area contributed by atoms with Crippen LogP contribution in [0.4, 0.5) is 23.4 Å². The van der Waals surface area contributed by atoms with Gasteiger partial charge in [0.15, 0.2) is 29.4 Å². The Morgan fingerprint density at radius 3 is 1.94 bits per heavy atom. The molecule has 54 heavy (non-hydrogen) atoms. The van der Waals surface area contributed by atoms with Crippen LogP contribution in [-0.2, 0) is 50.3 Å². The predicted octanol–water partition coefficient (Wildman–Crippen LogP) is -2.98. The Labute approximate surface area is 301 Å². The lowest BCUT2D eigenvalue weighted by Gasteiger charge is -2.29. The van der Waals surface area contributed by atoms with Crippen molar-refractivity contribution < 1.29 is 75.2 Å². The summed E-state index contributed by atoms with van der Waals surface area (Å²) in [6.45, 7) is -1.94. The van der Waals surface area contributed by atoms with E-state index in [-0.39, 0.29) is 41.2 Å². The van der Waals surface area contributed by atoms with Crippen molar-refractivity contribution in [3.05, 3.63) is 27.0 Å². The second-order valence-corrected chi connectivity index (χ2v) is 16.5. The summed E-state index contributed by atoms with van der Waals surface area (Å²) in [5.74, 6) is -0.378. The lowest BCUT2D eigenvalue weighted by Crippen LogP contribution is -2.46. The van der Waals surface area contributed by atoms with Crippen molar-refractivity contribution in [2.24, 2.45) is 0 Å². The van der Waals surface area contributed by atoms with Crippen LogP contribution in [0.15, 0.2) is 15.9 Å². The van der Waals surface area contributed by atoms with E-state index < -0.39 is 96.9 Å². The number of methoxy groups -OCH3 is 2. The Bertz CT molecular complexity index is 2150. The Hall–Kier alpha value is -3.40. The van der Waals surface area contributed by atoms with Crippen LogP contribution < -0.4 is 32.4 Å². The molecule has 11 N–H and O–H groups in total. The molecule has 2 fully saturated rings. The molecule has 6 heterocycles. The molecule has 0 amide bonds. The number of rotatable bonds is 14. The van der Waals surface area contributed by atoms with E-state index in [0.29, 0.717) is 0 Å². The van der Waals surface area contributed by atoms with Gasteiger partial charge >= 0.3 is 23.5 Å². The number of aliphatic hydroxyl groups excluding tert-OH is 2. The zero-order valence-corrected chi connectivity index (χ0v) is 30.7. The number of imidazole rings is 1. The van der Waals surface area contributed by atoms with Gasteiger partial charge in [-0.1, -0.05) is 0 Å². The van der Waals surface area contributed by atoms with Crippen LogP contribution in [0, 0.1) is 0 Å². The van der Waals surface area contributed by atoms with Crippen molar-refractivity contribution in [3.8, 4) is 0 Å². The zero-order chi connectivity index (χ0) is 39.5. The van der Waals surface area contributed by atoms with E-state index in [1.54, 1.807) is 7.05 Å². The first-order valence-electron chi connectivity index (χ1n) is 15.3. The molecule has 0 spiro atoms. The fraction of sp³-hybridized carbons (Fsp3) is 0.609. The van der Waals surface area contributed by atoms with Gasteiger partial charge in [-0.25, -0.2) is 18.7 Å².